The number of esters is 2. The number of aliphatic hydroxyl groups is 1. The number of ether oxygens (including phenoxy) is 3. The number of thioether (sulfide) groups is 1. The number of carbonyl (C=O) groups excluding carboxylic acids is 2. The van der Waals surface area contributed by atoms with Crippen molar-refractivity contribution in [3.8, 4) is 0 Å². The number of rotatable bonds is 16. The molecule has 1 atom stereocenters. The van der Waals surface area contributed by atoms with Crippen LogP contribution in [0.3, 0.4) is 0 Å². The van der Waals surface area contributed by atoms with Crippen molar-refractivity contribution in [3.05, 3.63) is 76.9 Å². The maximum Gasteiger partial charge on any atom is 0.336 e. The van der Waals surface area contributed by atoms with E-state index in [1.54, 1.807) is 17.8 Å². The molecule has 1 N–H and O–H groups in total. The van der Waals surface area contributed by atoms with Gasteiger partial charge in [0.2, 0.25) is 0 Å². The molecular formula is C31H42O6S. The summed E-state index contributed by atoms with van der Waals surface area (Å²) in [5, 5.41) is 9.11. The Bertz CT molecular complexity index is 1050. The first-order valence-corrected chi connectivity index (χ1v) is 14.1. The Balaban J connectivity index is 2.31. The molecule has 0 radical (unpaired) electrons. The van der Waals surface area contributed by atoms with Crippen LogP contribution in [0.5, 0.6) is 0 Å². The number of hydrogen-bond acceptors (Lipinski definition) is 7. The normalized spacial score (nSPS) is 13.6. The molecule has 7 heteroatoms. The molecule has 0 bridgehead atoms. The Morgan fingerprint density at radius 2 is 1.74 bits per heavy atom. The minimum absolute atomic E-state index is 0.0782. The smallest absolute Gasteiger partial charge is 0.336 e. The zero-order chi connectivity index (χ0) is 28.0. The Kier molecular flexibility index (Phi) is 13.1. The van der Waals surface area contributed by atoms with Crippen molar-refractivity contribution in [2.45, 2.75) is 52.1 Å². The molecule has 2 aromatic rings. The molecule has 0 aliphatic rings. The lowest BCUT2D eigenvalue weighted by atomic mass is 9.76. The van der Waals surface area contributed by atoms with E-state index >= 15 is 0 Å². The van der Waals surface area contributed by atoms with Crippen LogP contribution in [0.1, 0.15) is 56.7 Å². The number of hydrogen-bond donors (Lipinski definition) is 1. The Labute approximate surface area is 231 Å². The quantitative estimate of drug-likeness (QED) is 0.163. The third-order valence-corrected chi connectivity index (χ3v) is 7.99. The third-order valence-electron chi connectivity index (χ3n) is 6.53. The van der Waals surface area contributed by atoms with Crippen molar-refractivity contribution in [2.24, 2.45) is 5.41 Å². The van der Waals surface area contributed by atoms with Crippen molar-refractivity contribution in [1.29, 1.82) is 0 Å². The summed E-state index contributed by atoms with van der Waals surface area (Å²) in [5.41, 5.74) is 2.14. The van der Waals surface area contributed by atoms with Crippen LogP contribution in [-0.4, -0.2) is 56.0 Å². The highest BCUT2D eigenvalue weighted by Crippen LogP contribution is 2.36. The molecule has 0 amide bonds. The molecule has 0 fully saturated rings. The summed E-state index contributed by atoms with van der Waals surface area (Å²) >= 11 is 1.75. The molecule has 6 nitrogen and oxygen atoms in total. The molecule has 2 aromatic carbocycles. The van der Waals surface area contributed by atoms with Gasteiger partial charge in [-0.2, -0.15) is 11.8 Å². The molecular weight excluding hydrogens is 500 g/mol. The van der Waals surface area contributed by atoms with Gasteiger partial charge in [0.15, 0.2) is 0 Å². The van der Waals surface area contributed by atoms with Gasteiger partial charge in [-0.25, -0.2) is 4.79 Å². The minimum atomic E-state index is -0.875. The van der Waals surface area contributed by atoms with Gasteiger partial charge in [0.25, 0.3) is 0 Å². The maximum atomic E-state index is 13.6. The van der Waals surface area contributed by atoms with Crippen LogP contribution in [0.15, 0.2) is 60.2 Å². The van der Waals surface area contributed by atoms with Crippen LogP contribution >= 0.6 is 11.8 Å². The highest BCUT2D eigenvalue weighted by Gasteiger charge is 2.37. The predicted molar refractivity (Wildman–Crippen MR) is 154 cm³/mol. The third kappa shape index (κ3) is 9.93. The van der Waals surface area contributed by atoms with Gasteiger partial charge in [0.05, 0.1) is 31.3 Å². The second-order valence-corrected chi connectivity index (χ2v) is 11.5. The van der Waals surface area contributed by atoms with Crippen LogP contribution in [-0.2, 0) is 35.8 Å². The monoisotopic (exact) mass is 542 g/mol. The zero-order valence-corrected chi connectivity index (χ0v) is 24.1. The van der Waals surface area contributed by atoms with E-state index in [4.69, 9.17) is 19.3 Å². The first-order chi connectivity index (χ1) is 18.1. The van der Waals surface area contributed by atoms with Crippen LogP contribution in [0.2, 0.25) is 0 Å². The van der Waals surface area contributed by atoms with E-state index in [0.29, 0.717) is 12.0 Å². The molecule has 2 rings (SSSR count). The van der Waals surface area contributed by atoms with E-state index in [9.17, 15) is 9.59 Å². The first-order valence-electron chi connectivity index (χ1n) is 12.9. The summed E-state index contributed by atoms with van der Waals surface area (Å²) in [6.45, 7) is 6.89. The van der Waals surface area contributed by atoms with Crippen molar-refractivity contribution in [2.75, 3.05) is 38.9 Å². The van der Waals surface area contributed by atoms with Crippen molar-refractivity contribution < 1.29 is 28.9 Å². The molecule has 38 heavy (non-hydrogen) atoms. The fourth-order valence-corrected chi connectivity index (χ4v) is 5.24. The summed E-state index contributed by atoms with van der Waals surface area (Å²) in [5.74, 6) is 0.937. The maximum absolute atomic E-state index is 13.6. The number of aliphatic hydroxyl groups excluding tert-OH is 1. The summed E-state index contributed by atoms with van der Waals surface area (Å²) in [6.07, 6.45) is 4.12. The highest BCUT2D eigenvalue weighted by atomic mass is 32.2. The minimum Gasteiger partial charge on any atom is -0.466 e. The van der Waals surface area contributed by atoms with Crippen LogP contribution in [0.4, 0.5) is 0 Å². The number of methoxy groups -OCH3 is 2. The van der Waals surface area contributed by atoms with Gasteiger partial charge < -0.3 is 19.3 Å². The molecule has 0 aromatic heterocycles. The Morgan fingerprint density at radius 3 is 2.39 bits per heavy atom. The molecule has 0 saturated heterocycles. The van der Waals surface area contributed by atoms with Crippen molar-refractivity contribution in [1.82, 2.24) is 0 Å². The lowest BCUT2D eigenvalue weighted by molar-refractivity contribution is -0.152. The molecule has 0 heterocycles. The lowest BCUT2D eigenvalue weighted by Crippen LogP contribution is -2.35. The molecule has 0 saturated carbocycles. The molecule has 0 aliphatic carbocycles. The Morgan fingerprint density at radius 1 is 1.00 bits per heavy atom. The van der Waals surface area contributed by atoms with Crippen molar-refractivity contribution >= 4 is 29.8 Å². The van der Waals surface area contributed by atoms with E-state index in [1.807, 2.05) is 61.5 Å². The zero-order valence-electron chi connectivity index (χ0n) is 23.3. The van der Waals surface area contributed by atoms with Gasteiger partial charge in [-0.1, -0.05) is 74.9 Å². The second-order valence-electron chi connectivity index (χ2n) is 10.4. The van der Waals surface area contributed by atoms with E-state index in [2.05, 4.69) is 13.8 Å². The largest absolute Gasteiger partial charge is 0.466 e. The summed E-state index contributed by atoms with van der Waals surface area (Å²) < 4.78 is 15.9. The summed E-state index contributed by atoms with van der Waals surface area (Å²) in [7, 11) is 2.86. The van der Waals surface area contributed by atoms with Gasteiger partial charge >= 0.3 is 11.9 Å². The SMILES string of the molecule is COC/C(=C\c1cccc(C(C)(CCCC(C)(C)CSCCO)C(=O)OCc2ccccc2)c1)C(=O)OC. The topological polar surface area (TPSA) is 82.1 Å². The van der Waals surface area contributed by atoms with E-state index in [0.717, 1.165) is 41.0 Å². The Hall–Kier alpha value is -2.61. The number of benzene rings is 2. The van der Waals surface area contributed by atoms with Crippen LogP contribution < -0.4 is 0 Å². The van der Waals surface area contributed by atoms with Gasteiger partial charge in [0, 0.05) is 12.9 Å². The summed E-state index contributed by atoms with van der Waals surface area (Å²) in [6, 6.07) is 17.3. The second kappa shape index (κ2) is 15.7. The fourth-order valence-electron chi connectivity index (χ4n) is 4.27. The standard InChI is InChI=1S/C31H42O6S/c1-30(2,23-38-18-17-32)15-10-16-31(3,29(34)37-21-24-11-7-6-8-12-24)27-14-9-13-25(20-27)19-26(22-35-4)28(33)36-5/h6-9,11-14,19-20,32H,10,15-18,21-23H2,1-5H3/b26-19+. The molecule has 0 spiro atoms. The fraction of sp³-hybridized carbons (Fsp3) is 0.484. The first kappa shape index (κ1) is 31.6. The van der Waals surface area contributed by atoms with Gasteiger partial charge in [0.1, 0.15) is 6.61 Å². The van der Waals surface area contributed by atoms with E-state index in [-0.39, 0.29) is 31.2 Å². The highest BCUT2D eigenvalue weighted by molar-refractivity contribution is 7.99. The molecule has 208 valence electrons. The predicted octanol–water partition coefficient (Wildman–Crippen LogP) is 5.81. The molecule has 0 aliphatic heterocycles. The van der Waals surface area contributed by atoms with Gasteiger partial charge in [-0.3, -0.25) is 4.79 Å². The van der Waals surface area contributed by atoms with Crippen molar-refractivity contribution in [3.63, 3.8) is 0 Å². The van der Waals surface area contributed by atoms with Gasteiger partial charge in [-0.15, -0.1) is 0 Å². The summed E-state index contributed by atoms with van der Waals surface area (Å²) in [4.78, 5) is 25.8. The average Bonchev–Trinajstić information content (AvgIpc) is 2.91. The van der Waals surface area contributed by atoms with Crippen LogP contribution in [0.25, 0.3) is 6.08 Å². The molecule has 1 unspecified atom stereocenters. The van der Waals surface area contributed by atoms with E-state index < -0.39 is 11.4 Å². The lowest BCUT2D eigenvalue weighted by Gasteiger charge is -2.31. The van der Waals surface area contributed by atoms with E-state index in [1.165, 1.54) is 14.2 Å². The average molecular weight is 543 g/mol. The van der Waals surface area contributed by atoms with Crippen LogP contribution in [0, 0.1) is 5.41 Å². The van der Waals surface area contributed by atoms with Gasteiger partial charge in [-0.05, 0) is 53.7 Å². The number of carbonyl (C=O) groups is 2.